The molecule has 0 aliphatic carbocycles. The van der Waals surface area contributed by atoms with Gasteiger partial charge in [0, 0.05) is 17.4 Å². The van der Waals surface area contributed by atoms with Gasteiger partial charge in [0.05, 0.1) is 17.5 Å². The minimum absolute atomic E-state index is 0.0406. The third-order valence-electron chi connectivity index (χ3n) is 6.68. The number of fused-ring (bicyclic) bond motifs is 2. The van der Waals surface area contributed by atoms with Crippen molar-refractivity contribution in [3.63, 3.8) is 0 Å². The highest BCUT2D eigenvalue weighted by Crippen LogP contribution is 2.32. The maximum Gasteiger partial charge on any atom is 0.273 e. The smallest absolute Gasteiger partial charge is 0.273 e. The number of Topliss-reactive ketones (excluding diaryl/α,β-unsaturated/α-hetero) is 1. The van der Waals surface area contributed by atoms with E-state index in [0.717, 1.165) is 10.1 Å². The Morgan fingerprint density at radius 3 is 2.69 bits per heavy atom. The van der Waals surface area contributed by atoms with Gasteiger partial charge in [-0.1, -0.05) is 37.6 Å². The molecule has 3 amide bonds. The van der Waals surface area contributed by atoms with Crippen molar-refractivity contribution in [2.75, 3.05) is 13.1 Å². The third kappa shape index (κ3) is 4.32. The van der Waals surface area contributed by atoms with Crippen LogP contribution in [0, 0.1) is 0 Å². The molecule has 0 spiro atoms. The van der Waals surface area contributed by atoms with Gasteiger partial charge in [0.2, 0.25) is 5.91 Å². The summed E-state index contributed by atoms with van der Waals surface area (Å²) in [4.78, 5) is 60.2. The minimum Gasteiger partial charge on any atom is -0.340 e. The Labute approximate surface area is 206 Å². The van der Waals surface area contributed by atoms with Crippen molar-refractivity contribution in [1.82, 2.24) is 20.1 Å². The predicted octanol–water partition coefficient (Wildman–Crippen LogP) is 2.89. The van der Waals surface area contributed by atoms with Crippen molar-refractivity contribution in [2.45, 2.75) is 44.3 Å². The van der Waals surface area contributed by atoms with E-state index in [1.807, 2.05) is 37.3 Å². The zero-order chi connectivity index (χ0) is 24.5. The number of rotatable bonds is 6. The lowest BCUT2D eigenvalue weighted by Gasteiger charge is -2.28. The highest BCUT2D eigenvalue weighted by Gasteiger charge is 2.52. The van der Waals surface area contributed by atoms with Gasteiger partial charge in [-0.15, -0.1) is 11.3 Å². The fraction of sp³-hybridized carbons (Fsp3) is 0.346. The predicted molar refractivity (Wildman–Crippen MR) is 132 cm³/mol. The molecule has 2 saturated heterocycles. The molecule has 3 unspecified atom stereocenters. The van der Waals surface area contributed by atoms with Crippen LogP contribution in [-0.4, -0.2) is 69.5 Å². The molecule has 4 heterocycles. The number of carbonyl (C=O) groups excluding carboxylic acids is 4. The molecule has 2 aliphatic rings. The summed E-state index contributed by atoms with van der Waals surface area (Å²) in [7, 11) is 0. The molecule has 0 bridgehead atoms. The van der Waals surface area contributed by atoms with Crippen molar-refractivity contribution in [3.05, 3.63) is 65.3 Å². The molecule has 9 heteroatoms. The lowest BCUT2D eigenvalue weighted by Crippen LogP contribution is -2.52. The quantitative estimate of drug-likeness (QED) is 0.573. The van der Waals surface area contributed by atoms with Crippen LogP contribution >= 0.6 is 11.3 Å². The average molecular weight is 491 g/mol. The number of pyridine rings is 1. The molecule has 0 radical (unpaired) electrons. The number of hydrogen-bond donors (Lipinski definition) is 1. The zero-order valence-electron chi connectivity index (χ0n) is 19.3. The van der Waals surface area contributed by atoms with Crippen LogP contribution in [-0.2, 0) is 9.59 Å². The van der Waals surface area contributed by atoms with Gasteiger partial charge in [0.25, 0.3) is 11.8 Å². The summed E-state index contributed by atoms with van der Waals surface area (Å²) >= 11 is 1.39. The first-order chi connectivity index (χ1) is 17.0. The number of hydrogen-bond acceptors (Lipinski definition) is 6. The van der Waals surface area contributed by atoms with Gasteiger partial charge < -0.3 is 15.1 Å². The van der Waals surface area contributed by atoms with Crippen LogP contribution in [0.1, 0.15) is 46.3 Å². The fourth-order valence-electron chi connectivity index (χ4n) is 5.04. The summed E-state index contributed by atoms with van der Waals surface area (Å²) in [6, 6.07) is 12.9. The number of nitrogens with one attached hydrogen (secondary N) is 1. The zero-order valence-corrected chi connectivity index (χ0v) is 20.2. The number of nitrogens with zero attached hydrogens (tertiary/aromatic N) is 3. The lowest BCUT2D eigenvalue weighted by molar-refractivity contribution is -0.138. The Balaban J connectivity index is 1.32. The third-order valence-corrected chi connectivity index (χ3v) is 7.80. The summed E-state index contributed by atoms with van der Waals surface area (Å²) in [5, 5.41) is 3.89. The molecule has 180 valence electrons. The Hall–Kier alpha value is -3.59. The number of carbonyl (C=O) groups is 4. The van der Waals surface area contributed by atoms with Crippen molar-refractivity contribution in [1.29, 1.82) is 0 Å². The Morgan fingerprint density at radius 2 is 1.94 bits per heavy atom. The second kappa shape index (κ2) is 9.58. The summed E-state index contributed by atoms with van der Waals surface area (Å²) in [5.41, 5.74) is 0.283. The highest BCUT2D eigenvalue weighted by atomic mass is 32.1. The first-order valence-electron chi connectivity index (χ1n) is 11.8. The number of likely N-dealkylation sites (tertiary alicyclic amines) is 2. The molecular formula is C26H26N4O4S. The molecule has 0 saturated carbocycles. The molecule has 1 aromatic carbocycles. The number of ketones is 1. The van der Waals surface area contributed by atoms with E-state index in [4.69, 9.17) is 0 Å². The van der Waals surface area contributed by atoms with Crippen molar-refractivity contribution in [3.8, 4) is 0 Å². The number of thiophene rings is 1. The van der Waals surface area contributed by atoms with E-state index in [1.54, 1.807) is 29.3 Å². The molecule has 2 aromatic heterocycles. The molecule has 3 atom stereocenters. The van der Waals surface area contributed by atoms with E-state index >= 15 is 0 Å². The van der Waals surface area contributed by atoms with Gasteiger partial charge in [0.1, 0.15) is 17.8 Å². The molecule has 35 heavy (non-hydrogen) atoms. The number of amides is 3. The van der Waals surface area contributed by atoms with Crippen LogP contribution in [0.5, 0.6) is 0 Å². The van der Waals surface area contributed by atoms with Gasteiger partial charge in [-0.3, -0.25) is 24.2 Å². The first-order valence-corrected chi connectivity index (χ1v) is 12.6. The SMILES string of the molecule is CCCC(NC(=O)c1cc2ccccc2s1)C(=O)N1CCC2C1C(=O)CN2C(=O)c1ccccn1. The van der Waals surface area contributed by atoms with Gasteiger partial charge in [-0.25, -0.2) is 0 Å². The summed E-state index contributed by atoms with van der Waals surface area (Å²) in [6.07, 6.45) is 3.23. The topological polar surface area (TPSA) is 99.7 Å². The molecule has 3 aromatic rings. The van der Waals surface area contributed by atoms with Gasteiger partial charge >= 0.3 is 0 Å². The molecule has 1 N–H and O–H groups in total. The average Bonchev–Trinajstić information content (AvgIpc) is 3.58. The maximum atomic E-state index is 13.6. The van der Waals surface area contributed by atoms with Crippen LogP contribution in [0.3, 0.4) is 0 Å². The van der Waals surface area contributed by atoms with E-state index in [2.05, 4.69) is 10.3 Å². The van der Waals surface area contributed by atoms with Gasteiger partial charge in [0.15, 0.2) is 5.78 Å². The summed E-state index contributed by atoms with van der Waals surface area (Å²) < 4.78 is 1.01. The van der Waals surface area contributed by atoms with E-state index in [9.17, 15) is 19.2 Å². The van der Waals surface area contributed by atoms with Gasteiger partial charge in [-0.2, -0.15) is 0 Å². The molecule has 2 aliphatic heterocycles. The van der Waals surface area contributed by atoms with Crippen molar-refractivity contribution in [2.24, 2.45) is 0 Å². The largest absolute Gasteiger partial charge is 0.340 e. The van der Waals surface area contributed by atoms with E-state index in [1.165, 1.54) is 16.2 Å². The first kappa shape index (κ1) is 23.2. The van der Waals surface area contributed by atoms with Crippen LogP contribution < -0.4 is 5.32 Å². The number of benzene rings is 1. The van der Waals surface area contributed by atoms with Crippen LogP contribution in [0.15, 0.2) is 54.7 Å². The monoisotopic (exact) mass is 490 g/mol. The van der Waals surface area contributed by atoms with Crippen LogP contribution in [0.2, 0.25) is 0 Å². The molecule has 5 rings (SSSR count). The fourth-order valence-corrected chi connectivity index (χ4v) is 6.01. The van der Waals surface area contributed by atoms with Gasteiger partial charge in [-0.05, 0) is 42.5 Å². The summed E-state index contributed by atoms with van der Waals surface area (Å²) in [6.45, 7) is 2.28. The number of aromatic nitrogens is 1. The van der Waals surface area contributed by atoms with Crippen molar-refractivity contribution >= 4 is 44.9 Å². The Bertz CT molecular complexity index is 1260. The molecule has 2 fully saturated rings. The van der Waals surface area contributed by atoms with Crippen molar-refractivity contribution < 1.29 is 19.2 Å². The Kier molecular flexibility index (Phi) is 6.34. The standard InChI is InChI=1S/C26H26N4O4S/c1-2-7-18(28-24(32)22-14-16-8-3-4-10-21(16)35-22)26(34)29-13-11-19-23(29)20(31)15-30(19)25(33)17-9-5-6-12-27-17/h3-6,8-10,12,14,18-19,23H,2,7,11,13,15H2,1H3,(H,28,32). The van der Waals surface area contributed by atoms with E-state index in [-0.39, 0.29) is 41.8 Å². The summed E-state index contributed by atoms with van der Waals surface area (Å²) in [5.74, 6) is -1.02. The second-order valence-corrected chi connectivity index (χ2v) is 9.99. The maximum absolute atomic E-state index is 13.6. The van der Waals surface area contributed by atoms with E-state index < -0.39 is 12.1 Å². The van der Waals surface area contributed by atoms with Crippen LogP contribution in [0.4, 0.5) is 0 Å². The minimum atomic E-state index is -0.732. The normalized spacial score (nSPS) is 20.2. The molecular weight excluding hydrogens is 464 g/mol. The van der Waals surface area contributed by atoms with E-state index in [0.29, 0.717) is 30.7 Å². The highest BCUT2D eigenvalue weighted by molar-refractivity contribution is 7.20. The lowest BCUT2D eigenvalue weighted by atomic mass is 10.1. The Morgan fingerprint density at radius 1 is 1.14 bits per heavy atom. The molecule has 8 nitrogen and oxygen atoms in total. The second-order valence-electron chi connectivity index (χ2n) is 8.91. The van der Waals surface area contributed by atoms with Crippen LogP contribution in [0.25, 0.3) is 10.1 Å².